The van der Waals surface area contributed by atoms with Crippen LogP contribution in [0.25, 0.3) is 22.4 Å². The normalized spacial score (nSPS) is 23.2. The van der Waals surface area contributed by atoms with E-state index in [1.165, 1.54) is 19.2 Å². The van der Waals surface area contributed by atoms with E-state index in [0.29, 0.717) is 23.7 Å². The second kappa shape index (κ2) is 9.47. The average molecular weight is 453 g/mol. The van der Waals surface area contributed by atoms with Crippen molar-refractivity contribution >= 4 is 22.8 Å². The lowest BCUT2D eigenvalue weighted by molar-refractivity contribution is -0.142. The molecule has 1 aromatic carbocycles. The van der Waals surface area contributed by atoms with Crippen LogP contribution in [0.1, 0.15) is 38.5 Å². The maximum atomic E-state index is 13.4. The van der Waals surface area contributed by atoms with Crippen LogP contribution in [-0.2, 0) is 14.3 Å². The molecule has 0 amide bonds. The van der Waals surface area contributed by atoms with E-state index in [-0.39, 0.29) is 24.0 Å². The lowest BCUT2D eigenvalue weighted by Crippen LogP contribution is -2.30. The van der Waals surface area contributed by atoms with Gasteiger partial charge in [-0.2, -0.15) is 0 Å². The van der Waals surface area contributed by atoms with E-state index in [1.807, 2.05) is 12.1 Å². The molecule has 1 saturated heterocycles. The molecule has 0 spiro atoms. The highest BCUT2D eigenvalue weighted by molar-refractivity contribution is 5.79. The van der Waals surface area contributed by atoms with Gasteiger partial charge in [0.25, 0.3) is 0 Å². The van der Waals surface area contributed by atoms with Gasteiger partial charge in [0, 0.05) is 37.3 Å². The third kappa shape index (κ3) is 5.00. The number of esters is 1. The predicted molar refractivity (Wildman–Crippen MR) is 123 cm³/mol. The fourth-order valence-corrected chi connectivity index (χ4v) is 4.94. The van der Waals surface area contributed by atoms with Crippen molar-refractivity contribution in [3.8, 4) is 11.4 Å². The number of halogens is 1. The van der Waals surface area contributed by atoms with Gasteiger partial charge in [-0.05, 0) is 62.3 Å². The molecule has 3 heterocycles. The molecule has 1 saturated carbocycles. The summed E-state index contributed by atoms with van der Waals surface area (Å²) in [6, 6.07) is 8.54. The second-order valence-corrected chi connectivity index (χ2v) is 9.07. The van der Waals surface area contributed by atoms with Crippen molar-refractivity contribution < 1.29 is 18.7 Å². The molecular weight excluding hydrogens is 423 g/mol. The molecule has 33 heavy (non-hydrogen) atoms. The third-order valence-corrected chi connectivity index (χ3v) is 6.80. The summed E-state index contributed by atoms with van der Waals surface area (Å²) in [7, 11) is 1.45. The summed E-state index contributed by atoms with van der Waals surface area (Å²) in [6.45, 7) is 1.75. The summed E-state index contributed by atoms with van der Waals surface area (Å²) in [4.78, 5) is 26.1. The van der Waals surface area contributed by atoms with E-state index in [0.717, 1.165) is 62.1 Å². The van der Waals surface area contributed by atoms with E-state index in [4.69, 9.17) is 9.47 Å². The number of carbonyl (C=O) groups is 1. The number of hydrogen-bond acceptors (Lipinski definition) is 6. The lowest BCUT2D eigenvalue weighted by Gasteiger charge is -2.30. The minimum Gasteiger partial charge on any atom is -0.469 e. The number of nitrogens with zero attached hydrogens (tertiary/aromatic N) is 3. The molecule has 5 rings (SSSR count). The first-order valence-corrected chi connectivity index (χ1v) is 11.7. The highest BCUT2D eigenvalue weighted by atomic mass is 19.1. The van der Waals surface area contributed by atoms with Gasteiger partial charge in [0.1, 0.15) is 17.5 Å². The molecule has 1 atom stereocenters. The molecule has 0 unspecified atom stereocenters. The fraction of sp³-hybridized carbons (Fsp3) is 0.480. The quantitative estimate of drug-likeness (QED) is 0.556. The van der Waals surface area contributed by atoms with Crippen LogP contribution in [0.3, 0.4) is 0 Å². The average Bonchev–Trinajstić information content (AvgIpc) is 3.47. The van der Waals surface area contributed by atoms with Crippen LogP contribution in [0, 0.1) is 11.7 Å². The van der Waals surface area contributed by atoms with E-state index in [9.17, 15) is 9.18 Å². The van der Waals surface area contributed by atoms with Crippen molar-refractivity contribution in [2.24, 2.45) is 5.92 Å². The topological polar surface area (TPSA) is 80.3 Å². The number of rotatable bonds is 6. The van der Waals surface area contributed by atoms with Crippen molar-refractivity contribution in [1.82, 2.24) is 15.0 Å². The number of carbonyl (C=O) groups excluding carboxylic acids is 1. The molecule has 1 N–H and O–H groups in total. The van der Waals surface area contributed by atoms with Crippen molar-refractivity contribution in [1.29, 1.82) is 0 Å². The number of nitrogens with one attached hydrogen (secondary N) is 1. The number of aromatic nitrogens is 3. The van der Waals surface area contributed by atoms with Crippen LogP contribution >= 0.6 is 0 Å². The van der Waals surface area contributed by atoms with Crippen LogP contribution in [0.15, 0.2) is 36.5 Å². The molecule has 0 radical (unpaired) electrons. The zero-order valence-electron chi connectivity index (χ0n) is 18.8. The summed E-state index contributed by atoms with van der Waals surface area (Å²) in [5.41, 5.74) is 2.27. The minimum absolute atomic E-state index is 0.112. The van der Waals surface area contributed by atoms with Gasteiger partial charge in [-0.25, -0.2) is 14.4 Å². The molecule has 1 aliphatic carbocycles. The van der Waals surface area contributed by atoms with Gasteiger partial charge in [0.05, 0.1) is 30.4 Å². The van der Waals surface area contributed by atoms with Crippen molar-refractivity contribution in [3.05, 3.63) is 42.3 Å². The summed E-state index contributed by atoms with van der Waals surface area (Å²) >= 11 is 0. The maximum Gasteiger partial charge on any atom is 0.305 e. The smallest absolute Gasteiger partial charge is 0.305 e. The largest absolute Gasteiger partial charge is 0.469 e. The molecule has 2 fully saturated rings. The number of ether oxygens (including phenoxy) is 2. The molecule has 1 aliphatic heterocycles. The predicted octanol–water partition coefficient (Wildman–Crippen LogP) is 4.48. The summed E-state index contributed by atoms with van der Waals surface area (Å²) < 4.78 is 24.6. The Hall–Kier alpha value is -3.00. The number of aromatic amines is 1. The Bertz CT molecular complexity index is 1110. The number of benzene rings is 1. The van der Waals surface area contributed by atoms with Crippen molar-refractivity contribution in [2.75, 3.05) is 25.1 Å². The standard InChI is InChI=1S/C25H29FN4O3/c1-32-24(31)12-16-2-6-19(7-3-16)33-20-10-11-30(15-20)23-9-4-17(14-27-23)25-28-21-8-5-18(26)13-22(21)29-25/h4-5,8-9,13-14,16,19-20H,2-3,6-7,10-12,15H2,1H3,(H,28,29)/t16-,19-,20-/m0/s1. The van der Waals surface area contributed by atoms with E-state index in [1.54, 1.807) is 12.3 Å². The zero-order valence-corrected chi connectivity index (χ0v) is 18.8. The number of fused-ring (bicyclic) bond motifs is 1. The molecule has 8 heteroatoms. The molecule has 174 valence electrons. The summed E-state index contributed by atoms with van der Waals surface area (Å²) in [5.74, 6) is 1.62. The van der Waals surface area contributed by atoms with Crippen LogP contribution in [0.2, 0.25) is 0 Å². The molecule has 0 bridgehead atoms. The van der Waals surface area contributed by atoms with E-state index < -0.39 is 0 Å². The number of pyridine rings is 1. The number of hydrogen-bond donors (Lipinski definition) is 1. The summed E-state index contributed by atoms with van der Waals surface area (Å²) in [6.07, 6.45) is 7.85. The van der Waals surface area contributed by atoms with Crippen molar-refractivity contribution in [2.45, 2.75) is 50.7 Å². The fourth-order valence-electron chi connectivity index (χ4n) is 4.94. The Morgan fingerprint density at radius 3 is 2.76 bits per heavy atom. The number of imidazole rings is 1. The molecular formula is C25H29FN4O3. The van der Waals surface area contributed by atoms with Gasteiger partial charge in [0.15, 0.2) is 0 Å². The first kappa shape index (κ1) is 21.8. The minimum atomic E-state index is -0.297. The Morgan fingerprint density at radius 1 is 1.15 bits per heavy atom. The number of H-pyrrole nitrogens is 1. The van der Waals surface area contributed by atoms with Gasteiger partial charge in [-0.1, -0.05) is 0 Å². The Labute approximate surface area is 192 Å². The van der Waals surface area contributed by atoms with Gasteiger partial charge >= 0.3 is 5.97 Å². The number of methoxy groups -OCH3 is 1. The van der Waals surface area contributed by atoms with Crippen molar-refractivity contribution in [3.63, 3.8) is 0 Å². The highest BCUT2D eigenvalue weighted by Gasteiger charge is 2.30. The maximum absolute atomic E-state index is 13.4. The van der Waals surface area contributed by atoms with Crippen LogP contribution < -0.4 is 4.90 Å². The lowest BCUT2D eigenvalue weighted by atomic mass is 9.85. The van der Waals surface area contributed by atoms with Crippen LogP contribution in [0.4, 0.5) is 10.2 Å². The van der Waals surface area contributed by atoms with Gasteiger partial charge in [-0.3, -0.25) is 4.79 Å². The SMILES string of the molecule is COC(=O)C[C@H]1CC[C@H](O[C@H]2CCN(c3ccc(-c4nc5cc(F)ccc5[nH]4)cn3)C2)CC1. The third-order valence-electron chi connectivity index (χ3n) is 6.80. The second-order valence-electron chi connectivity index (χ2n) is 9.07. The van der Waals surface area contributed by atoms with Crippen LogP contribution in [-0.4, -0.2) is 53.3 Å². The Kier molecular flexibility index (Phi) is 6.26. The monoisotopic (exact) mass is 452 g/mol. The Balaban J connectivity index is 1.14. The van der Waals surface area contributed by atoms with Gasteiger partial charge in [-0.15, -0.1) is 0 Å². The first-order valence-electron chi connectivity index (χ1n) is 11.7. The van der Waals surface area contributed by atoms with Crippen LogP contribution in [0.5, 0.6) is 0 Å². The molecule has 2 aliphatic rings. The molecule has 2 aromatic heterocycles. The van der Waals surface area contributed by atoms with E-state index in [2.05, 4.69) is 19.9 Å². The van der Waals surface area contributed by atoms with E-state index >= 15 is 0 Å². The highest BCUT2D eigenvalue weighted by Crippen LogP contribution is 2.31. The first-order chi connectivity index (χ1) is 16.1. The summed E-state index contributed by atoms with van der Waals surface area (Å²) in [5, 5.41) is 0. The van der Waals surface area contributed by atoms with Gasteiger partial charge < -0.3 is 19.4 Å². The zero-order chi connectivity index (χ0) is 22.8. The number of anilines is 1. The molecule has 3 aromatic rings. The Morgan fingerprint density at radius 2 is 2.00 bits per heavy atom. The molecule has 7 nitrogen and oxygen atoms in total. The van der Waals surface area contributed by atoms with Gasteiger partial charge in [0.2, 0.25) is 0 Å².